The Balaban J connectivity index is 2.72. The van der Waals surface area contributed by atoms with Gasteiger partial charge in [-0.05, 0) is 26.3 Å². The fourth-order valence-corrected chi connectivity index (χ4v) is 1.95. The van der Waals surface area contributed by atoms with Crippen LogP contribution in [0.25, 0.3) is 0 Å². The number of carboxylic acid groups (broad SMARTS) is 1. The van der Waals surface area contributed by atoms with Crippen molar-refractivity contribution in [2.45, 2.75) is 46.1 Å². The number of urea groups is 1. The van der Waals surface area contributed by atoms with Crippen LogP contribution in [-0.4, -0.2) is 39.6 Å². The number of carbonyl (C=O) groups is 2. The topological polar surface area (TPSA) is 82.5 Å². The van der Waals surface area contributed by atoms with Crippen LogP contribution >= 0.6 is 0 Å². The number of carbonyl (C=O) groups excluding carboxylic acids is 1. The summed E-state index contributed by atoms with van der Waals surface area (Å²) < 4.78 is 0. The molecule has 1 rings (SSSR count). The maximum atomic E-state index is 12.3. The van der Waals surface area contributed by atoms with Gasteiger partial charge in [0.2, 0.25) is 0 Å². The van der Waals surface area contributed by atoms with Crippen LogP contribution in [0.1, 0.15) is 50.4 Å². The molecule has 6 heteroatoms. The number of carboxylic acids is 1. The van der Waals surface area contributed by atoms with E-state index in [1.165, 1.54) is 18.5 Å². The second-order valence-electron chi connectivity index (χ2n) is 5.19. The molecular formula is C15H23N3O3. The number of hydrogen-bond donors (Lipinski definition) is 2. The van der Waals surface area contributed by atoms with E-state index in [2.05, 4.69) is 17.2 Å². The van der Waals surface area contributed by atoms with Crippen LogP contribution in [0.5, 0.6) is 0 Å². The fourth-order valence-electron chi connectivity index (χ4n) is 1.95. The van der Waals surface area contributed by atoms with Crippen molar-refractivity contribution in [1.82, 2.24) is 9.88 Å². The highest BCUT2D eigenvalue weighted by Crippen LogP contribution is 2.11. The summed E-state index contributed by atoms with van der Waals surface area (Å²) in [6, 6.07) is 1.25. The van der Waals surface area contributed by atoms with Crippen LogP contribution in [0.4, 0.5) is 10.5 Å². The van der Waals surface area contributed by atoms with Gasteiger partial charge < -0.3 is 15.3 Å². The number of unbranched alkanes of at least 4 members (excludes halogenated alkanes) is 2. The summed E-state index contributed by atoms with van der Waals surface area (Å²) in [5.41, 5.74) is 0.441. The first-order valence-corrected chi connectivity index (χ1v) is 7.21. The lowest BCUT2D eigenvalue weighted by molar-refractivity contribution is 0.0696. The van der Waals surface area contributed by atoms with E-state index < -0.39 is 5.97 Å². The second-order valence-corrected chi connectivity index (χ2v) is 5.19. The third kappa shape index (κ3) is 5.41. The molecular weight excluding hydrogens is 270 g/mol. The first-order valence-electron chi connectivity index (χ1n) is 7.21. The fraction of sp³-hybridized carbons (Fsp3) is 0.533. The van der Waals surface area contributed by atoms with Crippen LogP contribution in [0, 0.1) is 0 Å². The average molecular weight is 293 g/mol. The molecule has 1 aromatic heterocycles. The van der Waals surface area contributed by atoms with Crippen molar-refractivity contribution in [3.05, 3.63) is 24.0 Å². The summed E-state index contributed by atoms with van der Waals surface area (Å²) in [5, 5.41) is 11.6. The summed E-state index contributed by atoms with van der Waals surface area (Å²) in [5.74, 6) is -1.07. The number of anilines is 1. The van der Waals surface area contributed by atoms with Crippen molar-refractivity contribution in [1.29, 1.82) is 0 Å². The van der Waals surface area contributed by atoms with E-state index >= 15 is 0 Å². The predicted octanol–water partition coefficient (Wildman–Crippen LogP) is 3.21. The Morgan fingerprint density at radius 1 is 1.33 bits per heavy atom. The van der Waals surface area contributed by atoms with Gasteiger partial charge in [0.25, 0.3) is 0 Å². The quantitative estimate of drug-likeness (QED) is 0.756. The second kappa shape index (κ2) is 8.24. The minimum Gasteiger partial charge on any atom is -0.478 e. The van der Waals surface area contributed by atoms with E-state index in [0.29, 0.717) is 12.2 Å². The highest BCUT2D eigenvalue weighted by Gasteiger charge is 2.17. The first-order chi connectivity index (χ1) is 9.95. The number of nitrogens with one attached hydrogen (secondary N) is 1. The molecule has 1 heterocycles. The van der Waals surface area contributed by atoms with Crippen LogP contribution in [-0.2, 0) is 0 Å². The van der Waals surface area contributed by atoms with Crippen LogP contribution in [0.3, 0.4) is 0 Å². The summed E-state index contributed by atoms with van der Waals surface area (Å²) >= 11 is 0. The molecule has 1 aromatic rings. The SMILES string of the molecule is CCCCCN(C(=O)Nc1cncc(C(=O)O)c1)C(C)C. The molecule has 2 N–H and O–H groups in total. The zero-order valence-corrected chi connectivity index (χ0v) is 12.8. The number of hydrogen-bond acceptors (Lipinski definition) is 3. The predicted molar refractivity (Wildman–Crippen MR) is 81.6 cm³/mol. The summed E-state index contributed by atoms with van der Waals surface area (Å²) in [6.07, 6.45) is 5.81. The van der Waals surface area contributed by atoms with Gasteiger partial charge in [-0.25, -0.2) is 9.59 Å². The molecule has 0 aliphatic carbocycles. The highest BCUT2D eigenvalue weighted by atomic mass is 16.4. The van der Waals surface area contributed by atoms with Gasteiger partial charge in [-0.2, -0.15) is 0 Å². The Morgan fingerprint density at radius 2 is 2.05 bits per heavy atom. The number of pyridine rings is 1. The number of amides is 2. The largest absolute Gasteiger partial charge is 0.478 e. The molecule has 21 heavy (non-hydrogen) atoms. The van der Waals surface area contributed by atoms with Gasteiger partial charge in [-0.15, -0.1) is 0 Å². The summed E-state index contributed by atoms with van der Waals surface area (Å²) in [6.45, 7) is 6.71. The number of aromatic nitrogens is 1. The van der Waals surface area contributed by atoms with Crippen LogP contribution in [0.15, 0.2) is 18.5 Å². The monoisotopic (exact) mass is 293 g/mol. The standard InChI is InChI=1S/C15H23N3O3/c1-4-5-6-7-18(11(2)3)15(21)17-13-8-12(14(19)20)9-16-10-13/h8-11H,4-7H2,1-3H3,(H,17,21)(H,19,20). The third-order valence-electron chi connectivity index (χ3n) is 3.12. The first kappa shape index (κ1) is 16.9. The normalized spacial score (nSPS) is 10.5. The Kier molecular flexibility index (Phi) is 6.65. The van der Waals surface area contributed by atoms with E-state index in [0.717, 1.165) is 19.3 Å². The van der Waals surface area contributed by atoms with Crippen molar-refractivity contribution in [3.8, 4) is 0 Å². The molecule has 6 nitrogen and oxygen atoms in total. The molecule has 0 atom stereocenters. The lowest BCUT2D eigenvalue weighted by atomic mass is 10.2. The van der Waals surface area contributed by atoms with Gasteiger partial charge in [0.05, 0.1) is 17.4 Å². The van der Waals surface area contributed by atoms with Gasteiger partial charge in [-0.1, -0.05) is 19.8 Å². The van der Waals surface area contributed by atoms with E-state index in [1.807, 2.05) is 13.8 Å². The maximum absolute atomic E-state index is 12.3. The Hall–Kier alpha value is -2.11. The van der Waals surface area contributed by atoms with E-state index in [-0.39, 0.29) is 17.6 Å². The molecule has 0 unspecified atom stereocenters. The van der Waals surface area contributed by atoms with Crippen molar-refractivity contribution < 1.29 is 14.7 Å². The minimum absolute atomic E-state index is 0.0508. The Bertz CT molecular complexity index is 489. The highest BCUT2D eigenvalue weighted by molar-refractivity contribution is 5.92. The van der Waals surface area contributed by atoms with E-state index in [1.54, 1.807) is 4.90 Å². The van der Waals surface area contributed by atoms with Gasteiger partial charge in [0.15, 0.2) is 0 Å². The molecule has 0 bridgehead atoms. The summed E-state index contributed by atoms with van der Waals surface area (Å²) in [4.78, 5) is 28.7. The molecule has 0 aliphatic rings. The van der Waals surface area contributed by atoms with E-state index in [4.69, 9.17) is 5.11 Å². The molecule has 0 saturated carbocycles. The lowest BCUT2D eigenvalue weighted by Gasteiger charge is -2.27. The Labute approximate surface area is 125 Å². The molecule has 2 amide bonds. The minimum atomic E-state index is -1.07. The van der Waals surface area contributed by atoms with Gasteiger partial charge in [0, 0.05) is 18.8 Å². The molecule has 116 valence electrons. The number of aromatic carboxylic acids is 1. The molecule has 0 spiro atoms. The lowest BCUT2D eigenvalue weighted by Crippen LogP contribution is -2.40. The van der Waals surface area contributed by atoms with Crippen molar-refractivity contribution in [2.75, 3.05) is 11.9 Å². The van der Waals surface area contributed by atoms with Crippen molar-refractivity contribution >= 4 is 17.7 Å². The number of rotatable bonds is 7. The van der Waals surface area contributed by atoms with Crippen molar-refractivity contribution in [2.24, 2.45) is 0 Å². The number of nitrogens with zero attached hydrogens (tertiary/aromatic N) is 2. The van der Waals surface area contributed by atoms with Crippen molar-refractivity contribution in [3.63, 3.8) is 0 Å². The summed E-state index contributed by atoms with van der Waals surface area (Å²) in [7, 11) is 0. The van der Waals surface area contributed by atoms with E-state index in [9.17, 15) is 9.59 Å². The zero-order chi connectivity index (χ0) is 15.8. The third-order valence-corrected chi connectivity index (χ3v) is 3.12. The molecule has 0 aromatic carbocycles. The van der Waals surface area contributed by atoms with Crippen LogP contribution < -0.4 is 5.32 Å². The average Bonchev–Trinajstić information content (AvgIpc) is 2.43. The van der Waals surface area contributed by atoms with Crippen LogP contribution in [0.2, 0.25) is 0 Å². The molecule has 0 fully saturated rings. The molecule has 0 saturated heterocycles. The Morgan fingerprint density at radius 3 is 2.62 bits per heavy atom. The molecule has 0 radical (unpaired) electrons. The van der Waals surface area contributed by atoms with Gasteiger partial charge in [-0.3, -0.25) is 4.98 Å². The van der Waals surface area contributed by atoms with Gasteiger partial charge in [0.1, 0.15) is 0 Å². The van der Waals surface area contributed by atoms with Gasteiger partial charge >= 0.3 is 12.0 Å². The smallest absolute Gasteiger partial charge is 0.337 e. The maximum Gasteiger partial charge on any atom is 0.337 e. The molecule has 0 aliphatic heterocycles. The zero-order valence-electron chi connectivity index (χ0n) is 12.8.